The summed E-state index contributed by atoms with van der Waals surface area (Å²) in [5.41, 5.74) is 1.67. The monoisotopic (exact) mass is 667 g/mol. The first-order valence-electron chi connectivity index (χ1n) is 14.3. The maximum atomic E-state index is 14.5. The van der Waals surface area contributed by atoms with E-state index in [1.165, 1.54) is 42.3 Å². The lowest BCUT2D eigenvalue weighted by Gasteiger charge is -2.34. The minimum absolute atomic E-state index is 0.00496. The van der Waals surface area contributed by atoms with Gasteiger partial charge in [-0.05, 0) is 67.4 Å². The van der Waals surface area contributed by atoms with E-state index in [2.05, 4.69) is 5.32 Å². The molecule has 0 fully saturated rings. The second kappa shape index (κ2) is 15.3. The van der Waals surface area contributed by atoms with Gasteiger partial charge in [0, 0.05) is 24.0 Å². The van der Waals surface area contributed by atoms with Crippen molar-refractivity contribution in [1.82, 2.24) is 10.2 Å². The topological polar surface area (TPSA) is 96.0 Å². The fourth-order valence-electron chi connectivity index (χ4n) is 4.83. The first-order valence-corrected chi connectivity index (χ1v) is 16.5. The Morgan fingerprint density at radius 1 is 0.844 bits per heavy atom. The molecule has 0 aliphatic carbocycles. The molecular formula is C34H35Cl2N3O5S. The van der Waals surface area contributed by atoms with Crippen LogP contribution in [0.1, 0.15) is 25.0 Å². The van der Waals surface area contributed by atoms with Gasteiger partial charge in [0.15, 0.2) is 0 Å². The van der Waals surface area contributed by atoms with E-state index in [-0.39, 0.29) is 40.5 Å². The van der Waals surface area contributed by atoms with Crippen LogP contribution in [0.4, 0.5) is 5.69 Å². The summed E-state index contributed by atoms with van der Waals surface area (Å²) in [6.45, 7) is 3.07. The Morgan fingerprint density at radius 3 is 2.09 bits per heavy atom. The van der Waals surface area contributed by atoms with E-state index >= 15 is 0 Å². The van der Waals surface area contributed by atoms with Gasteiger partial charge in [0.1, 0.15) is 18.3 Å². The van der Waals surface area contributed by atoms with Crippen LogP contribution in [0.5, 0.6) is 5.75 Å². The van der Waals surface area contributed by atoms with E-state index in [0.717, 1.165) is 9.87 Å². The highest BCUT2D eigenvalue weighted by atomic mass is 35.5. The SMILES string of the molecule is COc1ccc(N(CC(=O)N(Cc2cccc(Cl)c2)[C@@H](Cc2ccccc2)C(=O)NC(C)C)S(=O)(=O)c2ccccc2)cc1Cl. The Bertz CT molecular complexity index is 1720. The molecule has 0 saturated carbocycles. The van der Waals surface area contributed by atoms with Gasteiger partial charge >= 0.3 is 0 Å². The van der Waals surface area contributed by atoms with Crippen molar-refractivity contribution < 1.29 is 22.7 Å². The van der Waals surface area contributed by atoms with Crippen molar-refractivity contribution >= 4 is 50.7 Å². The Kier molecular flexibility index (Phi) is 11.5. The molecule has 2 amide bonds. The third-order valence-corrected chi connectivity index (χ3v) is 9.30. The number of anilines is 1. The second-order valence-electron chi connectivity index (χ2n) is 10.7. The van der Waals surface area contributed by atoms with Crippen LogP contribution in [0, 0.1) is 0 Å². The van der Waals surface area contributed by atoms with E-state index in [1.807, 2.05) is 44.2 Å². The van der Waals surface area contributed by atoms with Gasteiger partial charge in [-0.1, -0.05) is 83.9 Å². The largest absolute Gasteiger partial charge is 0.495 e. The molecule has 0 spiro atoms. The molecule has 0 aliphatic rings. The maximum Gasteiger partial charge on any atom is 0.264 e. The molecule has 11 heteroatoms. The van der Waals surface area contributed by atoms with Gasteiger partial charge in [-0.15, -0.1) is 0 Å². The van der Waals surface area contributed by atoms with Gasteiger partial charge in [-0.25, -0.2) is 8.42 Å². The smallest absolute Gasteiger partial charge is 0.264 e. The summed E-state index contributed by atoms with van der Waals surface area (Å²) in [7, 11) is -2.81. The van der Waals surface area contributed by atoms with E-state index < -0.39 is 28.5 Å². The summed E-state index contributed by atoms with van der Waals surface area (Å²) in [6, 6.07) is 27.5. The zero-order valence-electron chi connectivity index (χ0n) is 25.2. The molecule has 1 N–H and O–H groups in total. The van der Waals surface area contributed by atoms with Crippen molar-refractivity contribution in [3.05, 3.63) is 124 Å². The summed E-state index contributed by atoms with van der Waals surface area (Å²) < 4.78 is 34.4. The highest BCUT2D eigenvalue weighted by Gasteiger charge is 2.35. The first-order chi connectivity index (χ1) is 21.5. The number of methoxy groups -OCH3 is 1. The van der Waals surface area contributed by atoms with E-state index in [1.54, 1.807) is 42.5 Å². The third kappa shape index (κ3) is 8.78. The number of amides is 2. The summed E-state index contributed by atoms with van der Waals surface area (Å²) in [5, 5.41) is 3.57. The van der Waals surface area contributed by atoms with Crippen LogP contribution in [0.2, 0.25) is 10.0 Å². The average molecular weight is 669 g/mol. The van der Waals surface area contributed by atoms with E-state index in [4.69, 9.17) is 27.9 Å². The number of hydrogen-bond donors (Lipinski definition) is 1. The lowest BCUT2D eigenvalue weighted by molar-refractivity contribution is -0.140. The minimum Gasteiger partial charge on any atom is -0.495 e. The van der Waals surface area contributed by atoms with Crippen molar-refractivity contribution in [1.29, 1.82) is 0 Å². The third-order valence-electron chi connectivity index (χ3n) is 6.98. The molecule has 0 unspecified atom stereocenters. The Balaban J connectivity index is 1.82. The number of nitrogens with one attached hydrogen (secondary N) is 1. The normalized spacial score (nSPS) is 12.0. The van der Waals surface area contributed by atoms with E-state index in [0.29, 0.717) is 16.3 Å². The minimum atomic E-state index is -4.26. The summed E-state index contributed by atoms with van der Waals surface area (Å²) in [5.74, 6) is -0.616. The van der Waals surface area contributed by atoms with Crippen LogP contribution in [0.3, 0.4) is 0 Å². The predicted molar refractivity (Wildman–Crippen MR) is 178 cm³/mol. The zero-order valence-corrected chi connectivity index (χ0v) is 27.5. The summed E-state index contributed by atoms with van der Waals surface area (Å²) in [6.07, 6.45) is 0.200. The fourth-order valence-corrected chi connectivity index (χ4v) is 6.72. The lowest BCUT2D eigenvalue weighted by Crippen LogP contribution is -2.54. The number of rotatable bonds is 13. The quantitative estimate of drug-likeness (QED) is 0.179. The van der Waals surface area contributed by atoms with Gasteiger partial charge < -0.3 is 15.0 Å². The highest BCUT2D eigenvalue weighted by Crippen LogP contribution is 2.32. The van der Waals surface area contributed by atoms with Crippen molar-refractivity contribution in [3.8, 4) is 5.75 Å². The van der Waals surface area contributed by atoms with Crippen LogP contribution >= 0.6 is 23.2 Å². The molecule has 45 heavy (non-hydrogen) atoms. The number of nitrogens with zero attached hydrogens (tertiary/aromatic N) is 2. The number of ether oxygens (including phenoxy) is 1. The van der Waals surface area contributed by atoms with Crippen molar-refractivity contribution in [2.45, 2.75) is 43.8 Å². The predicted octanol–water partition coefficient (Wildman–Crippen LogP) is 6.36. The molecule has 0 heterocycles. The molecule has 4 rings (SSSR count). The molecule has 0 bridgehead atoms. The van der Waals surface area contributed by atoms with Crippen LogP contribution < -0.4 is 14.4 Å². The second-order valence-corrected chi connectivity index (χ2v) is 13.4. The number of benzene rings is 4. The number of hydrogen-bond acceptors (Lipinski definition) is 5. The molecule has 0 radical (unpaired) electrons. The molecule has 4 aromatic rings. The molecule has 0 aromatic heterocycles. The van der Waals surface area contributed by atoms with Crippen molar-refractivity contribution in [2.24, 2.45) is 0 Å². The molecule has 8 nitrogen and oxygen atoms in total. The molecule has 236 valence electrons. The summed E-state index contributed by atoms with van der Waals surface area (Å²) in [4.78, 5) is 29.6. The number of carbonyl (C=O) groups is 2. The van der Waals surface area contributed by atoms with Crippen LogP contribution in [-0.2, 0) is 32.6 Å². The van der Waals surface area contributed by atoms with Gasteiger partial charge in [0.2, 0.25) is 11.8 Å². The van der Waals surface area contributed by atoms with Crippen LogP contribution in [0.15, 0.2) is 108 Å². The van der Waals surface area contributed by atoms with Crippen molar-refractivity contribution in [2.75, 3.05) is 18.0 Å². The van der Waals surface area contributed by atoms with Gasteiger partial charge in [-0.3, -0.25) is 13.9 Å². The molecule has 0 saturated heterocycles. The standard InChI is InChI=1S/C34H35Cl2N3O5S/c1-24(2)37-34(41)31(20-25-11-6-4-7-12-25)38(22-26-13-10-14-27(35)19-26)33(40)23-39(28-17-18-32(44-3)30(36)21-28)45(42,43)29-15-8-5-9-16-29/h4-19,21,24,31H,20,22-23H2,1-3H3,(H,37,41)/t31-/m0/s1. The van der Waals surface area contributed by atoms with E-state index in [9.17, 15) is 18.0 Å². The Hall–Kier alpha value is -4.05. The molecule has 0 aliphatic heterocycles. The lowest BCUT2D eigenvalue weighted by atomic mass is 10.0. The first kappa shape index (κ1) is 33.8. The molecule has 4 aromatic carbocycles. The number of carbonyl (C=O) groups excluding carboxylic acids is 2. The average Bonchev–Trinajstić information content (AvgIpc) is 3.02. The zero-order chi connectivity index (χ0) is 32.6. The number of halogens is 2. The van der Waals surface area contributed by atoms with Gasteiger partial charge in [0.05, 0.1) is 22.7 Å². The Labute approximate surface area is 274 Å². The maximum absolute atomic E-state index is 14.5. The molecule has 1 atom stereocenters. The van der Waals surface area contributed by atoms with Crippen molar-refractivity contribution in [3.63, 3.8) is 0 Å². The van der Waals surface area contributed by atoms with Gasteiger partial charge in [-0.2, -0.15) is 0 Å². The Morgan fingerprint density at radius 2 is 1.49 bits per heavy atom. The van der Waals surface area contributed by atoms with Gasteiger partial charge in [0.25, 0.3) is 10.0 Å². The van der Waals surface area contributed by atoms with Crippen LogP contribution in [0.25, 0.3) is 0 Å². The summed E-state index contributed by atoms with van der Waals surface area (Å²) >= 11 is 12.7. The fraction of sp³-hybridized carbons (Fsp3) is 0.235. The highest BCUT2D eigenvalue weighted by molar-refractivity contribution is 7.92. The number of sulfonamides is 1. The molecular weight excluding hydrogens is 633 g/mol. The van der Waals surface area contributed by atoms with Crippen LogP contribution in [-0.4, -0.2) is 50.9 Å².